The van der Waals surface area contributed by atoms with Crippen LogP contribution in [0.15, 0.2) is 15.4 Å². The molecule has 0 aromatic carbocycles. The number of carbonyl (C=O) groups is 1. The zero-order chi connectivity index (χ0) is 7.56. The van der Waals surface area contributed by atoms with Crippen LogP contribution in [0, 0.1) is 0 Å². The van der Waals surface area contributed by atoms with Gasteiger partial charge in [0.25, 0.3) is 5.71 Å². The summed E-state index contributed by atoms with van der Waals surface area (Å²) in [6.45, 7) is 0. The van der Waals surface area contributed by atoms with E-state index in [2.05, 4.69) is 20.2 Å². The Bertz CT molecular complexity index is 283. The van der Waals surface area contributed by atoms with Crippen molar-refractivity contribution >= 4 is 17.5 Å². The van der Waals surface area contributed by atoms with Gasteiger partial charge in [-0.15, -0.1) is 0 Å². The number of aliphatic carboxylic acids is 1. The zero-order valence-electron chi connectivity index (χ0n) is 4.59. The van der Waals surface area contributed by atoms with Crippen molar-refractivity contribution in [3.8, 4) is 0 Å². The van der Waals surface area contributed by atoms with Crippen LogP contribution in [0.4, 0.5) is 0 Å². The zero-order valence-corrected chi connectivity index (χ0v) is 4.59. The van der Waals surface area contributed by atoms with Gasteiger partial charge >= 0.3 is 11.8 Å². The van der Waals surface area contributed by atoms with Gasteiger partial charge in [0.15, 0.2) is 0 Å². The molecule has 0 fully saturated rings. The summed E-state index contributed by atoms with van der Waals surface area (Å²) in [6.07, 6.45) is 0. The standard InChI is InChI=1S/C3HN5O2/c4-5-2-1(3(9)10)6-8-7-2/h(H,9,10). The molecular weight excluding hydrogens is 138 g/mol. The molecule has 0 amide bonds. The Kier molecular flexibility index (Phi) is 1.35. The van der Waals surface area contributed by atoms with Crippen LogP contribution in [-0.2, 0) is 4.79 Å². The first-order valence-electron chi connectivity index (χ1n) is 2.20. The van der Waals surface area contributed by atoms with E-state index in [9.17, 15) is 4.79 Å². The van der Waals surface area contributed by atoms with Gasteiger partial charge in [-0.1, -0.05) is 5.10 Å². The molecule has 0 unspecified atom stereocenters. The number of carboxylic acids is 1. The molecule has 0 atom stereocenters. The van der Waals surface area contributed by atoms with E-state index in [1.165, 1.54) is 0 Å². The van der Waals surface area contributed by atoms with Gasteiger partial charge in [0, 0.05) is 0 Å². The molecule has 0 aromatic heterocycles. The monoisotopic (exact) mass is 139 g/mol. The van der Waals surface area contributed by atoms with Crippen molar-refractivity contribution in [1.29, 1.82) is 0 Å². The topological polar surface area (TPSA) is 111 Å². The van der Waals surface area contributed by atoms with E-state index >= 15 is 0 Å². The number of nitrogens with zero attached hydrogens (tertiary/aromatic N) is 5. The van der Waals surface area contributed by atoms with Crippen molar-refractivity contribution in [2.24, 2.45) is 15.4 Å². The van der Waals surface area contributed by atoms with Crippen LogP contribution in [0.25, 0.3) is 5.53 Å². The fourth-order valence-electron chi connectivity index (χ4n) is 0.407. The molecule has 0 radical (unpaired) electrons. The molecule has 0 aliphatic carbocycles. The maximum atomic E-state index is 10.1. The minimum absolute atomic E-state index is 0.382. The highest BCUT2D eigenvalue weighted by Crippen LogP contribution is 1.95. The lowest BCUT2D eigenvalue weighted by atomic mass is 10.4. The molecule has 1 N–H and O–H groups in total. The maximum Gasteiger partial charge on any atom is 0.463 e. The second-order valence-corrected chi connectivity index (χ2v) is 1.37. The van der Waals surface area contributed by atoms with E-state index in [1.54, 1.807) is 0 Å². The largest absolute Gasteiger partial charge is 0.497 e. The number of rotatable bonds is 1. The number of hydrogen-bond acceptors (Lipinski definition) is 3. The third-order valence-corrected chi connectivity index (χ3v) is 0.793. The van der Waals surface area contributed by atoms with Crippen molar-refractivity contribution in [2.45, 2.75) is 0 Å². The van der Waals surface area contributed by atoms with E-state index in [1.807, 2.05) is 0 Å². The minimum Gasteiger partial charge on any atom is -0.497 e. The quantitative estimate of drug-likeness (QED) is 0.390. The van der Waals surface area contributed by atoms with Crippen LogP contribution < -0.4 is 0 Å². The minimum atomic E-state index is -1.32. The normalized spacial score (nSPS) is 14.8. The molecule has 10 heavy (non-hydrogen) atoms. The average molecular weight is 139 g/mol. The molecule has 7 nitrogen and oxygen atoms in total. The molecule has 1 rings (SSSR count). The number of carboxylic acid groups (broad SMARTS) is 1. The van der Waals surface area contributed by atoms with Crippen LogP contribution >= 0.6 is 0 Å². The molecule has 1 aliphatic heterocycles. The lowest BCUT2D eigenvalue weighted by molar-refractivity contribution is -0.129. The third-order valence-electron chi connectivity index (χ3n) is 0.793. The second-order valence-electron chi connectivity index (χ2n) is 1.37. The first-order chi connectivity index (χ1) is 4.75. The van der Waals surface area contributed by atoms with Gasteiger partial charge in [0.05, 0.1) is 5.22 Å². The first-order valence-corrected chi connectivity index (χ1v) is 2.20. The summed E-state index contributed by atoms with van der Waals surface area (Å²) in [6, 6.07) is 0. The Morgan fingerprint density at radius 3 is 2.80 bits per heavy atom. The Balaban J connectivity index is 3.04. The average Bonchev–Trinajstić information content (AvgIpc) is 2.33. The summed E-state index contributed by atoms with van der Waals surface area (Å²) in [5, 5.41) is 17.4. The van der Waals surface area contributed by atoms with Gasteiger partial charge in [0.1, 0.15) is 5.11 Å². The smallest absolute Gasteiger partial charge is 0.463 e. The molecular formula is C3HN5O2. The second kappa shape index (κ2) is 2.16. The molecule has 0 bridgehead atoms. The first kappa shape index (κ1) is 6.24. The van der Waals surface area contributed by atoms with E-state index in [0.29, 0.717) is 0 Å². The van der Waals surface area contributed by atoms with Crippen LogP contribution in [0.2, 0.25) is 0 Å². The Morgan fingerprint density at radius 2 is 2.40 bits per heavy atom. The molecule has 0 spiro atoms. The lowest BCUT2D eigenvalue weighted by Gasteiger charge is -1.78. The predicted octanol–water partition coefficient (Wildman–Crippen LogP) is -0.479. The Labute approximate surface area is 54.3 Å². The van der Waals surface area contributed by atoms with E-state index in [0.717, 1.165) is 0 Å². The molecule has 0 aromatic rings. The highest BCUT2D eigenvalue weighted by molar-refractivity contribution is 6.64. The van der Waals surface area contributed by atoms with Crippen LogP contribution in [0.1, 0.15) is 0 Å². The SMILES string of the molecule is [N-]=[N+]=C1N=NN=C1C(=O)O. The molecule has 1 aliphatic rings. The molecule has 1 heterocycles. The molecule has 50 valence electrons. The van der Waals surface area contributed by atoms with E-state index < -0.39 is 11.7 Å². The van der Waals surface area contributed by atoms with Gasteiger partial charge in [0.2, 0.25) is 0 Å². The molecule has 7 heteroatoms. The fourth-order valence-corrected chi connectivity index (χ4v) is 0.407. The maximum absolute atomic E-state index is 10.1. The van der Waals surface area contributed by atoms with E-state index in [4.69, 9.17) is 10.6 Å². The molecule has 0 saturated carbocycles. The summed E-state index contributed by atoms with van der Waals surface area (Å²) in [5.41, 5.74) is 7.62. The highest BCUT2D eigenvalue weighted by Gasteiger charge is 2.30. The van der Waals surface area contributed by atoms with E-state index in [-0.39, 0.29) is 5.84 Å². The van der Waals surface area contributed by atoms with Crippen LogP contribution in [0.5, 0.6) is 0 Å². The lowest BCUT2D eigenvalue weighted by Crippen LogP contribution is -2.20. The summed E-state index contributed by atoms with van der Waals surface area (Å²) in [7, 11) is 0. The summed E-state index contributed by atoms with van der Waals surface area (Å²) >= 11 is 0. The molecule has 0 saturated heterocycles. The summed E-state index contributed by atoms with van der Waals surface area (Å²) < 4.78 is 0. The van der Waals surface area contributed by atoms with Gasteiger partial charge in [-0.05, 0) is 0 Å². The highest BCUT2D eigenvalue weighted by atomic mass is 16.4. The number of hydrogen-bond donors (Lipinski definition) is 1. The van der Waals surface area contributed by atoms with Crippen LogP contribution in [-0.4, -0.2) is 27.4 Å². The summed E-state index contributed by atoms with van der Waals surface area (Å²) in [4.78, 5) is 12.7. The van der Waals surface area contributed by atoms with Crippen molar-refractivity contribution in [2.75, 3.05) is 0 Å². The summed E-state index contributed by atoms with van der Waals surface area (Å²) in [5.74, 6) is -1.70. The van der Waals surface area contributed by atoms with Crippen LogP contribution in [0.3, 0.4) is 0 Å². The van der Waals surface area contributed by atoms with Crippen molar-refractivity contribution < 1.29 is 14.7 Å². The Hall–Kier alpha value is -1.88. The van der Waals surface area contributed by atoms with Crippen molar-refractivity contribution in [3.63, 3.8) is 0 Å². The van der Waals surface area contributed by atoms with Gasteiger partial charge in [-0.3, -0.25) is 0 Å². The number of amidine groups is 1. The Morgan fingerprint density at radius 1 is 1.70 bits per heavy atom. The predicted molar refractivity (Wildman–Crippen MR) is 28.6 cm³/mol. The third kappa shape index (κ3) is 0.805. The van der Waals surface area contributed by atoms with Crippen molar-refractivity contribution in [1.82, 2.24) is 0 Å². The van der Waals surface area contributed by atoms with Crippen molar-refractivity contribution in [3.05, 3.63) is 5.53 Å². The van der Waals surface area contributed by atoms with Gasteiger partial charge in [-0.25, -0.2) is 4.79 Å². The fraction of sp³-hybridized carbons (Fsp3) is 0. The van der Waals surface area contributed by atoms with Gasteiger partial charge < -0.3 is 15.4 Å². The van der Waals surface area contributed by atoms with Gasteiger partial charge in [-0.2, -0.15) is 0 Å².